The van der Waals surface area contributed by atoms with Crippen LogP contribution in [0.3, 0.4) is 0 Å². The second-order valence-corrected chi connectivity index (χ2v) is 9.29. The molecule has 0 aliphatic carbocycles. The predicted octanol–water partition coefficient (Wildman–Crippen LogP) is 2.78. The van der Waals surface area contributed by atoms with Crippen LogP contribution in [0.4, 0.5) is 0 Å². The molecule has 31 heavy (non-hydrogen) atoms. The molecule has 0 heterocycles. The number of hydrogen-bond donors (Lipinski definition) is 6. The van der Waals surface area contributed by atoms with E-state index in [1.54, 1.807) is 7.05 Å². The van der Waals surface area contributed by atoms with Gasteiger partial charge in [0.15, 0.2) is 15.3 Å². The van der Waals surface area contributed by atoms with Gasteiger partial charge in [0.2, 0.25) is 0 Å². The fourth-order valence-corrected chi connectivity index (χ4v) is 3.17. The molecule has 6 N–H and O–H groups in total. The van der Waals surface area contributed by atoms with Crippen LogP contribution in [0.15, 0.2) is 0 Å². The molecule has 178 valence electrons. The van der Waals surface area contributed by atoms with Gasteiger partial charge in [-0.25, -0.2) is 0 Å². The summed E-state index contributed by atoms with van der Waals surface area (Å²) in [5.41, 5.74) is 0. The molecule has 0 aromatic rings. The summed E-state index contributed by atoms with van der Waals surface area (Å²) in [6, 6.07) is 0. The zero-order chi connectivity index (χ0) is 22.8. The van der Waals surface area contributed by atoms with Gasteiger partial charge in [0.1, 0.15) is 0 Å². The van der Waals surface area contributed by atoms with E-state index in [0.717, 1.165) is 59.5 Å². The third kappa shape index (κ3) is 21.4. The Labute approximate surface area is 228 Å². The van der Waals surface area contributed by atoms with Crippen LogP contribution < -0.4 is 31.9 Å². The van der Waals surface area contributed by atoms with E-state index in [1.165, 1.54) is 0 Å². The third-order valence-corrected chi connectivity index (χ3v) is 6.06. The monoisotopic (exact) mass is 582 g/mol. The van der Waals surface area contributed by atoms with Gasteiger partial charge >= 0.3 is 16.5 Å². The smallest absolute Gasteiger partial charge is 0.366 e. The van der Waals surface area contributed by atoms with Gasteiger partial charge < -0.3 is 31.9 Å². The maximum Gasteiger partial charge on any atom is 2.00 e. The molecule has 0 atom stereocenters. The number of thiocarbonyl (C=S) groups is 6. The molecule has 0 saturated carbocycles. The molecule has 0 fully saturated rings. The van der Waals surface area contributed by atoms with Crippen molar-refractivity contribution in [3.63, 3.8) is 0 Å². The van der Waals surface area contributed by atoms with Gasteiger partial charge in [-0.15, -0.1) is 0 Å². The van der Waals surface area contributed by atoms with Crippen LogP contribution in [0.2, 0.25) is 0 Å². The number of rotatable bonds is 15. The van der Waals surface area contributed by atoms with E-state index >= 15 is 0 Å². The molecule has 0 aliphatic rings. The van der Waals surface area contributed by atoms with Crippen molar-refractivity contribution in [2.24, 2.45) is 0 Å². The molecule has 0 amide bonds. The normalized spacial score (nSPS) is 9.48. The first-order valence-electron chi connectivity index (χ1n) is 9.82. The van der Waals surface area contributed by atoms with Crippen molar-refractivity contribution in [1.82, 2.24) is 31.9 Å². The first-order valence-corrected chi connectivity index (χ1v) is 12.3. The molecule has 0 saturated heterocycles. The summed E-state index contributed by atoms with van der Waals surface area (Å²) < 4.78 is 0. The van der Waals surface area contributed by atoms with Crippen molar-refractivity contribution < 1.29 is 16.5 Å². The second-order valence-electron chi connectivity index (χ2n) is 6.33. The third-order valence-electron chi connectivity index (χ3n) is 3.89. The fraction of sp³-hybridized carbons (Fsp3) is 0.667. The molecular weight excluding hydrogens is 551 g/mol. The first kappa shape index (κ1) is 33.0. The molecule has 0 unspecified atom stereocenters. The summed E-state index contributed by atoms with van der Waals surface area (Å²) >= 11 is 31.5. The van der Waals surface area contributed by atoms with E-state index in [1.807, 2.05) is 0 Å². The topological polar surface area (TPSA) is 72.2 Å². The first-order chi connectivity index (χ1) is 14.3. The number of hydrogen-bond acceptors (Lipinski definition) is 6. The van der Waals surface area contributed by atoms with E-state index in [0.29, 0.717) is 35.2 Å². The van der Waals surface area contributed by atoms with Crippen molar-refractivity contribution in [3.8, 4) is 0 Å². The molecular formula is C18H32N6NiS6+2. The van der Waals surface area contributed by atoms with Crippen molar-refractivity contribution in [1.29, 1.82) is 0 Å². The van der Waals surface area contributed by atoms with Gasteiger partial charge in [-0.2, -0.15) is 0 Å². The molecule has 0 radical (unpaired) electrons. The molecule has 0 aromatic heterocycles. The average Bonchev–Trinajstić information content (AvgIpc) is 2.71. The van der Waals surface area contributed by atoms with E-state index < -0.39 is 0 Å². The fourth-order valence-electron chi connectivity index (χ4n) is 2.16. The van der Waals surface area contributed by atoms with Crippen LogP contribution in [-0.4, -0.2) is 56.9 Å². The summed E-state index contributed by atoms with van der Waals surface area (Å²) in [7, 11) is 1.75. The van der Waals surface area contributed by atoms with Crippen LogP contribution in [0.5, 0.6) is 0 Å². The van der Waals surface area contributed by atoms with Crippen molar-refractivity contribution in [2.75, 3.05) is 26.9 Å². The molecule has 0 aromatic carbocycles. The molecule has 6 nitrogen and oxygen atoms in total. The molecule has 13 heteroatoms. The zero-order valence-electron chi connectivity index (χ0n) is 17.8. The molecule has 0 aliphatic heterocycles. The Morgan fingerprint density at radius 3 is 1.48 bits per heavy atom. The van der Waals surface area contributed by atoms with Crippen LogP contribution >= 0.6 is 73.3 Å². The van der Waals surface area contributed by atoms with Crippen molar-refractivity contribution >= 4 is 103 Å². The van der Waals surface area contributed by atoms with E-state index in [2.05, 4.69) is 38.8 Å². The summed E-state index contributed by atoms with van der Waals surface area (Å²) in [4.78, 5) is 3.18. The maximum absolute atomic E-state index is 5.45. The minimum absolute atomic E-state index is 0. The quantitative estimate of drug-likeness (QED) is 0.0977. The van der Waals surface area contributed by atoms with Gasteiger partial charge in [0.25, 0.3) is 0 Å². The SMILES string of the molecule is CCC(=S)CCCC(=S)CCCC(=S)CNC(=S)NCNC(=S)NCNC(=S)NC.[Ni+2]. The standard InChI is InChI=1S/C18H32N6S6.Ni/c1-3-13(25)6-4-7-14(26)8-5-9-15(27)10-20-17(29)22-12-24-18(30)23-11-21-16(28)19-2;/h3-12H2,1-2H3,(H2,19,21,28)(H2,20,22,29)(H2,23,24,30);/q;+2. The van der Waals surface area contributed by atoms with Crippen LogP contribution in [0.1, 0.15) is 51.9 Å². The summed E-state index contributed by atoms with van der Waals surface area (Å²) in [5.74, 6) is 0. The predicted molar refractivity (Wildman–Crippen MR) is 153 cm³/mol. The summed E-state index contributed by atoms with van der Waals surface area (Å²) in [6.07, 6.45) is 6.76. The molecule has 0 spiro atoms. The molecule has 0 rings (SSSR count). The Morgan fingerprint density at radius 2 is 1.00 bits per heavy atom. The van der Waals surface area contributed by atoms with Crippen LogP contribution in [0.25, 0.3) is 0 Å². The van der Waals surface area contributed by atoms with Gasteiger partial charge in [0, 0.05) is 18.5 Å². The zero-order valence-corrected chi connectivity index (χ0v) is 23.7. The summed E-state index contributed by atoms with van der Waals surface area (Å²) in [6.45, 7) is 3.49. The van der Waals surface area contributed by atoms with Gasteiger partial charge in [0.05, 0.1) is 13.3 Å². The van der Waals surface area contributed by atoms with Gasteiger partial charge in [-0.3, -0.25) is 0 Å². The minimum atomic E-state index is 0. The Hall–Kier alpha value is -0.166. The van der Waals surface area contributed by atoms with Crippen molar-refractivity contribution in [3.05, 3.63) is 0 Å². The molecule has 0 bridgehead atoms. The van der Waals surface area contributed by atoms with Crippen LogP contribution in [0, 0.1) is 0 Å². The van der Waals surface area contributed by atoms with Gasteiger partial charge in [-0.05, 0) is 91.3 Å². The second kappa shape index (κ2) is 21.7. The maximum atomic E-state index is 5.45. The van der Waals surface area contributed by atoms with E-state index in [-0.39, 0.29) is 16.5 Å². The Morgan fingerprint density at radius 1 is 0.581 bits per heavy atom. The Kier molecular flexibility index (Phi) is 23.1. The Balaban J connectivity index is 0. The minimum Gasteiger partial charge on any atom is -0.366 e. The van der Waals surface area contributed by atoms with E-state index in [4.69, 9.17) is 73.3 Å². The summed E-state index contributed by atoms with van der Waals surface area (Å²) in [5, 5.41) is 19.4. The largest absolute Gasteiger partial charge is 2.00 e. The van der Waals surface area contributed by atoms with E-state index in [9.17, 15) is 0 Å². The van der Waals surface area contributed by atoms with Crippen molar-refractivity contribution in [2.45, 2.75) is 51.9 Å². The van der Waals surface area contributed by atoms with Crippen LogP contribution in [-0.2, 0) is 16.5 Å². The average molecular weight is 584 g/mol. The number of nitrogens with one attached hydrogen (secondary N) is 6. The Bertz CT molecular complexity index is 564. The van der Waals surface area contributed by atoms with Gasteiger partial charge in [-0.1, -0.05) is 43.6 Å².